The Morgan fingerprint density at radius 1 is 1.42 bits per heavy atom. The molecule has 1 amide bonds. The van der Waals surface area contributed by atoms with Gasteiger partial charge in [0.15, 0.2) is 0 Å². The Hall–Kier alpha value is -2.10. The molecule has 4 nitrogen and oxygen atoms in total. The van der Waals surface area contributed by atoms with Gasteiger partial charge in [0.1, 0.15) is 5.69 Å². The molecular weight excluding hydrogens is 238 g/mol. The highest BCUT2D eigenvalue weighted by molar-refractivity contribution is 6.03. The summed E-state index contributed by atoms with van der Waals surface area (Å²) in [5.41, 5.74) is 2.61. The van der Waals surface area contributed by atoms with Crippen molar-refractivity contribution in [3.05, 3.63) is 47.8 Å². The Balaban J connectivity index is 2.15. The predicted octanol–water partition coefficient (Wildman–Crippen LogP) is 3.19. The van der Waals surface area contributed by atoms with Crippen molar-refractivity contribution < 1.29 is 4.79 Å². The topological polar surface area (TPSA) is 46.9 Å². The molecule has 1 unspecified atom stereocenters. The average Bonchev–Trinajstić information content (AvgIpc) is 2.84. The van der Waals surface area contributed by atoms with Gasteiger partial charge >= 0.3 is 0 Å². The first kappa shape index (κ1) is 13.3. The standard InChI is InChI=1S/C15H19N3O/c1-4-11(2)12-6-5-7-13(10-12)17-15(19)14-8-9-16-18(14)3/h5-11H,4H2,1-3H3,(H,17,19). The van der Waals surface area contributed by atoms with Crippen molar-refractivity contribution >= 4 is 11.6 Å². The van der Waals surface area contributed by atoms with Crippen LogP contribution in [0.3, 0.4) is 0 Å². The van der Waals surface area contributed by atoms with Gasteiger partial charge in [-0.25, -0.2) is 0 Å². The van der Waals surface area contributed by atoms with E-state index in [2.05, 4.69) is 30.3 Å². The Morgan fingerprint density at radius 2 is 2.21 bits per heavy atom. The van der Waals surface area contributed by atoms with E-state index in [9.17, 15) is 4.79 Å². The Morgan fingerprint density at radius 3 is 2.84 bits per heavy atom. The molecule has 2 rings (SSSR count). The second kappa shape index (κ2) is 5.69. The summed E-state index contributed by atoms with van der Waals surface area (Å²) < 4.78 is 1.56. The Bertz CT molecular complexity index is 574. The lowest BCUT2D eigenvalue weighted by atomic mass is 9.98. The van der Waals surface area contributed by atoms with E-state index in [1.54, 1.807) is 24.0 Å². The number of aromatic nitrogens is 2. The summed E-state index contributed by atoms with van der Waals surface area (Å²) >= 11 is 0. The van der Waals surface area contributed by atoms with Crippen LogP contribution >= 0.6 is 0 Å². The molecule has 1 aromatic heterocycles. The van der Waals surface area contributed by atoms with Crippen LogP contribution in [0.1, 0.15) is 42.2 Å². The van der Waals surface area contributed by atoms with Crippen LogP contribution in [0.25, 0.3) is 0 Å². The van der Waals surface area contributed by atoms with E-state index in [1.807, 2.05) is 18.2 Å². The number of carbonyl (C=O) groups is 1. The average molecular weight is 257 g/mol. The molecule has 0 aliphatic carbocycles. The number of anilines is 1. The largest absolute Gasteiger partial charge is 0.321 e. The summed E-state index contributed by atoms with van der Waals surface area (Å²) in [5.74, 6) is 0.356. The minimum absolute atomic E-state index is 0.138. The quantitative estimate of drug-likeness (QED) is 0.914. The molecule has 1 aromatic carbocycles. The molecule has 1 N–H and O–H groups in total. The second-order valence-electron chi connectivity index (χ2n) is 4.73. The van der Waals surface area contributed by atoms with E-state index in [0.29, 0.717) is 11.6 Å². The summed E-state index contributed by atoms with van der Waals surface area (Å²) in [6.45, 7) is 4.34. The lowest BCUT2D eigenvalue weighted by Gasteiger charge is -2.11. The van der Waals surface area contributed by atoms with E-state index < -0.39 is 0 Å². The Labute approximate surface area is 113 Å². The van der Waals surface area contributed by atoms with E-state index in [0.717, 1.165) is 12.1 Å². The molecule has 1 heterocycles. The van der Waals surface area contributed by atoms with Gasteiger partial charge in [-0.1, -0.05) is 26.0 Å². The van der Waals surface area contributed by atoms with Crippen molar-refractivity contribution in [1.29, 1.82) is 0 Å². The van der Waals surface area contributed by atoms with Crippen LogP contribution in [0.2, 0.25) is 0 Å². The first-order valence-corrected chi connectivity index (χ1v) is 6.51. The van der Waals surface area contributed by atoms with Crippen LogP contribution in [0.5, 0.6) is 0 Å². The highest BCUT2D eigenvalue weighted by Crippen LogP contribution is 2.21. The van der Waals surface area contributed by atoms with Crippen molar-refractivity contribution in [3.63, 3.8) is 0 Å². The van der Waals surface area contributed by atoms with E-state index in [1.165, 1.54) is 5.56 Å². The van der Waals surface area contributed by atoms with Gasteiger partial charge in [-0.05, 0) is 36.1 Å². The lowest BCUT2D eigenvalue weighted by molar-refractivity contribution is 0.101. The fourth-order valence-corrected chi connectivity index (χ4v) is 1.95. The van der Waals surface area contributed by atoms with Crippen molar-refractivity contribution in [3.8, 4) is 0 Å². The first-order chi connectivity index (χ1) is 9.11. The molecule has 0 aliphatic rings. The van der Waals surface area contributed by atoms with Crippen LogP contribution in [0.15, 0.2) is 36.5 Å². The number of carbonyl (C=O) groups excluding carboxylic acids is 1. The van der Waals surface area contributed by atoms with Crippen LogP contribution in [-0.2, 0) is 7.05 Å². The maximum Gasteiger partial charge on any atom is 0.273 e. The maximum absolute atomic E-state index is 12.1. The first-order valence-electron chi connectivity index (χ1n) is 6.51. The molecule has 0 bridgehead atoms. The summed E-state index contributed by atoms with van der Waals surface area (Å²) in [4.78, 5) is 12.1. The summed E-state index contributed by atoms with van der Waals surface area (Å²) in [7, 11) is 1.75. The zero-order chi connectivity index (χ0) is 13.8. The van der Waals surface area contributed by atoms with Crippen LogP contribution in [0, 0.1) is 0 Å². The fraction of sp³-hybridized carbons (Fsp3) is 0.333. The van der Waals surface area contributed by atoms with Gasteiger partial charge in [0, 0.05) is 18.9 Å². The van der Waals surface area contributed by atoms with Gasteiger partial charge in [-0.2, -0.15) is 5.10 Å². The van der Waals surface area contributed by atoms with Gasteiger partial charge in [0.05, 0.1) is 0 Å². The van der Waals surface area contributed by atoms with Crippen LogP contribution < -0.4 is 5.32 Å². The number of benzene rings is 1. The lowest BCUT2D eigenvalue weighted by Crippen LogP contribution is -2.16. The molecule has 19 heavy (non-hydrogen) atoms. The third-order valence-electron chi connectivity index (χ3n) is 3.38. The fourth-order valence-electron chi connectivity index (χ4n) is 1.95. The summed E-state index contributed by atoms with van der Waals surface area (Å²) in [6.07, 6.45) is 2.70. The Kier molecular flexibility index (Phi) is 4.00. The van der Waals surface area contributed by atoms with Crippen molar-refractivity contribution in [1.82, 2.24) is 9.78 Å². The number of nitrogens with zero attached hydrogens (tertiary/aromatic N) is 2. The number of hydrogen-bond acceptors (Lipinski definition) is 2. The monoisotopic (exact) mass is 257 g/mol. The summed E-state index contributed by atoms with van der Waals surface area (Å²) in [5, 5.41) is 6.90. The van der Waals surface area contributed by atoms with Crippen LogP contribution in [0.4, 0.5) is 5.69 Å². The van der Waals surface area contributed by atoms with Gasteiger partial charge in [0.25, 0.3) is 5.91 Å². The molecular formula is C15H19N3O. The second-order valence-corrected chi connectivity index (χ2v) is 4.73. The SMILES string of the molecule is CCC(C)c1cccc(NC(=O)c2ccnn2C)c1. The molecule has 0 saturated carbocycles. The minimum atomic E-state index is -0.138. The van der Waals surface area contributed by atoms with Crippen molar-refractivity contribution in [2.24, 2.45) is 7.05 Å². The van der Waals surface area contributed by atoms with Gasteiger partial charge < -0.3 is 5.32 Å². The molecule has 1 atom stereocenters. The van der Waals surface area contributed by atoms with Crippen molar-refractivity contribution in [2.75, 3.05) is 5.32 Å². The van der Waals surface area contributed by atoms with Crippen molar-refractivity contribution in [2.45, 2.75) is 26.2 Å². The van der Waals surface area contributed by atoms with E-state index >= 15 is 0 Å². The molecule has 0 radical (unpaired) electrons. The molecule has 0 saturated heterocycles. The molecule has 0 aliphatic heterocycles. The van der Waals surface area contributed by atoms with Gasteiger partial charge in [0.2, 0.25) is 0 Å². The molecule has 0 spiro atoms. The number of nitrogens with one attached hydrogen (secondary N) is 1. The van der Waals surface area contributed by atoms with E-state index in [-0.39, 0.29) is 5.91 Å². The van der Waals surface area contributed by atoms with E-state index in [4.69, 9.17) is 0 Å². The van der Waals surface area contributed by atoms with Crippen LogP contribution in [-0.4, -0.2) is 15.7 Å². The molecule has 4 heteroatoms. The smallest absolute Gasteiger partial charge is 0.273 e. The molecule has 100 valence electrons. The zero-order valence-corrected chi connectivity index (χ0v) is 11.6. The number of amides is 1. The minimum Gasteiger partial charge on any atom is -0.321 e. The number of hydrogen-bond donors (Lipinski definition) is 1. The van der Waals surface area contributed by atoms with Gasteiger partial charge in [-0.3, -0.25) is 9.48 Å². The third-order valence-corrected chi connectivity index (χ3v) is 3.38. The summed E-state index contributed by atoms with van der Waals surface area (Å²) in [6, 6.07) is 9.70. The highest BCUT2D eigenvalue weighted by Gasteiger charge is 2.10. The third kappa shape index (κ3) is 3.02. The normalized spacial score (nSPS) is 12.2. The molecule has 0 fully saturated rings. The highest BCUT2D eigenvalue weighted by atomic mass is 16.2. The number of rotatable bonds is 4. The number of aryl methyl sites for hydroxylation is 1. The predicted molar refractivity (Wildman–Crippen MR) is 76.3 cm³/mol. The maximum atomic E-state index is 12.1. The van der Waals surface area contributed by atoms with Gasteiger partial charge in [-0.15, -0.1) is 0 Å². The zero-order valence-electron chi connectivity index (χ0n) is 11.6. The molecule has 2 aromatic rings.